The van der Waals surface area contributed by atoms with E-state index in [9.17, 15) is 0 Å². The van der Waals surface area contributed by atoms with Crippen LogP contribution in [0.25, 0.3) is 0 Å². The summed E-state index contributed by atoms with van der Waals surface area (Å²) in [6, 6.07) is 9.30. The third-order valence-electron chi connectivity index (χ3n) is 3.70. The Hall–Kier alpha value is -0.860. The Morgan fingerprint density at radius 2 is 1.88 bits per heavy atom. The summed E-state index contributed by atoms with van der Waals surface area (Å²) in [5, 5.41) is 0. The lowest BCUT2D eigenvalue weighted by Crippen LogP contribution is -2.50. The van der Waals surface area contributed by atoms with Crippen molar-refractivity contribution in [2.75, 3.05) is 19.7 Å². The maximum absolute atomic E-state index is 6.03. The van der Waals surface area contributed by atoms with Crippen molar-refractivity contribution >= 4 is 0 Å². The van der Waals surface area contributed by atoms with Crippen LogP contribution >= 0.6 is 0 Å². The Morgan fingerprint density at radius 1 is 1.24 bits per heavy atom. The molecule has 2 heteroatoms. The van der Waals surface area contributed by atoms with Crippen LogP contribution in [0.4, 0.5) is 0 Å². The van der Waals surface area contributed by atoms with E-state index in [0.29, 0.717) is 6.04 Å². The fourth-order valence-corrected chi connectivity index (χ4v) is 2.42. The van der Waals surface area contributed by atoms with Crippen LogP contribution < -0.4 is 0 Å². The largest absolute Gasteiger partial charge is 0.368 e. The molecule has 0 saturated carbocycles. The minimum atomic E-state index is -0.157. The number of ether oxygens (including phenoxy) is 1. The van der Waals surface area contributed by atoms with Gasteiger partial charge in [-0.15, -0.1) is 0 Å². The number of hydrogen-bond acceptors (Lipinski definition) is 2. The Labute approximate surface area is 105 Å². The zero-order valence-electron chi connectivity index (χ0n) is 11.4. The molecule has 1 heterocycles. The van der Waals surface area contributed by atoms with E-state index in [0.717, 1.165) is 19.7 Å². The normalized spacial score (nSPS) is 26.4. The second kappa shape index (κ2) is 4.79. The van der Waals surface area contributed by atoms with Gasteiger partial charge in [0.05, 0.1) is 6.61 Å². The van der Waals surface area contributed by atoms with Gasteiger partial charge in [0.15, 0.2) is 0 Å². The van der Waals surface area contributed by atoms with Crippen molar-refractivity contribution in [2.45, 2.75) is 39.3 Å². The van der Waals surface area contributed by atoms with Crippen LogP contribution in [-0.4, -0.2) is 30.6 Å². The topological polar surface area (TPSA) is 12.5 Å². The van der Waals surface area contributed by atoms with Crippen LogP contribution in [0.1, 0.15) is 31.9 Å². The van der Waals surface area contributed by atoms with Crippen molar-refractivity contribution in [3.63, 3.8) is 0 Å². The highest BCUT2D eigenvalue weighted by atomic mass is 16.5. The summed E-state index contributed by atoms with van der Waals surface area (Å²) in [5.41, 5.74) is 2.43. The van der Waals surface area contributed by atoms with Gasteiger partial charge in [0.2, 0.25) is 0 Å². The first-order chi connectivity index (χ1) is 8.01. The number of hydrogen-bond donors (Lipinski definition) is 0. The van der Waals surface area contributed by atoms with Gasteiger partial charge < -0.3 is 4.74 Å². The third kappa shape index (κ3) is 2.70. The summed E-state index contributed by atoms with van der Waals surface area (Å²) in [6.07, 6.45) is 0. The molecule has 1 unspecified atom stereocenters. The molecule has 0 spiro atoms. The number of aryl methyl sites for hydroxylation is 1. The zero-order chi connectivity index (χ0) is 12.5. The van der Waals surface area contributed by atoms with Crippen molar-refractivity contribution in [1.29, 1.82) is 0 Å². The molecule has 1 saturated heterocycles. The molecule has 1 atom stereocenters. The van der Waals surface area contributed by atoms with Gasteiger partial charge in [-0.1, -0.05) is 29.8 Å². The van der Waals surface area contributed by atoms with E-state index in [1.165, 1.54) is 11.1 Å². The molecule has 0 radical (unpaired) electrons. The summed E-state index contributed by atoms with van der Waals surface area (Å²) < 4.78 is 6.03. The molecule has 1 aromatic carbocycles. The monoisotopic (exact) mass is 233 g/mol. The quantitative estimate of drug-likeness (QED) is 0.778. The van der Waals surface area contributed by atoms with Gasteiger partial charge in [-0.05, 0) is 33.3 Å². The third-order valence-corrected chi connectivity index (χ3v) is 3.70. The lowest BCUT2D eigenvalue weighted by atomic mass is 9.92. The number of nitrogens with zero attached hydrogens (tertiary/aromatic N) is 1. The van der Waals surface area contributed by atoms with Crippen molar-refractivity contribution < 1.29 is 4.74 Å². The molecule has 2 nitrogen and oxygen atoms in total. The highest BCUT2D eigenvalue weighted by Crippen LogP contribution is 2.30. The molecule has 0 amide bonds. The molecular formula is C15H23NO. The maximum Gasteiger partial charge on any atom is 0.103 e. The Bertz CT molecular complexity index is 371. The van der Waals surface area contributed by atoms with E-state index in [2.05, 4.69) is 56.9 Å². The summed E-state index contributed by atoms with van der Waals surface area (Å²) in [4.78, 5) is 2.49. The molecule has 1 fully saturated rings. The smallest absolute Gasteiger partial charge is 0.103 e. The SMILES string of the molecule is Cc1ccc(C2(C)CN(C(C)C)CCO2)cc1. The van der Waals surface area contributed by atoms with Crippen LogP contribution in [-0.2, 0) is 10.3 Å². The van der Waals surface area contributed by atoms with Gasteiger partial charge in [0, 0.05) is 19.1 Å². The number of morpholine rings is 1. The molecule has 0 aromatic heterocycles. The average molecular weight is 233 g/mol. The molecule has 1 aromatic rings. The lowest BCUT2D eigenvalue weighted by Gasteiger charge is -2.42. The van der Waals surface area contributed by atoms with E-state index >= 15 is 0 Å². The molecule has 0 aliphatic carbocycles. The lowest BCUT2D eigenvalue weighted by molar-refractivity contribution is -0.110. The second-order valence-electron chi connectivity index (χ2n) is 5.51. The molecule has 1 aliphatic rings. The molecular weight excluding hydrogens is 210 g/mol. The van der Waals surface area contributed by atoms with Crippen molar-refractivity contribution in [1.82, 2.24) is 4.90 Å². The molecule has 94 valence electrons. The standard InChI is InChI=1S/C15H23NO/c1-12(2)16-9-10-17-15(4,11-16)14-7-5-13(3)6-8-14/h5-8,12H,9-11H2,1-4H3. The van der Waals surface area contributed by atoms with Crippen LogP contribution in [0.3, 0.4) is 0 Å². The fraction of sp³-hybridized carbons (Fsp3) is 0.600. The Kier molecular flexibility index (Phi) is 3.55. The molecule has 1 aliphatic heterocycles. The first-order valence-electron chi connectivity index (χ1n) is 6.46. The minimum Gasteiger partial charge on any atom is -0.368 e. The van der Waals surface area contributed by atoms with E-state index < -0.39 is 0 Å². The molecule has 17 heavy (non-hydrogen) atoms. The fourth-order valence-electron chi connectivity index (χ4n) is 2.42. The first kappa shape index (κ1) is 12.6. The van der Waals surface area contributed by atoms with E-state index in [4.69, 9.17) is 4.74 Å². The average Bonchev–Trinajstić information content (AvgIpc) is 2.29. The molecule has 0 N–H and O–H groups in total. The molecule has 2 rings (SSSR count). The highest BCUT2D eigenvalue weighted by Gasteiger charge is 2.34. The predicted octanol–water partition coefficient (Wildman–Crippen LogP) is 2.95. The van der Waals surface area contributed by atoms with Gasteiger partial charge in [-0.25, -0.2) is 0 Å². The van der Waals surface area contributed by atoms with Crippen LogP contribution in [0.5, 0.6) is 0 Å². The first-order valence-corrected chi connectivity index (χ1v) is 6.46. The summed E-state index contributed by atoms with van der Waals surface area (Å²) in [6.45, 7) is 11.7. The van der Waals surface area contributed by atoms with Crippen LogP contribution in [0.2, 0.25) is 0 Å². The van der Waals surface area contributed by atoms with Crippen molar-refractivity contribution in [2.24, 2.45) is 0 Å². The summed E-state index contributed by atoms with van der Waals surface area (Å²) in [5.74, 6) is 0. The van der Waals surface area contributed by atoms with Gasteiger partial charge >= 0.3 is 0 Å². The summed E-state index contributed by atoms with van der Waals surface area (Å²) in [7, 11) is 0. The number of rotatable bonds is 2. The number of benzene rings is 1. The van der Waals surface area contributed by atoms with Gasteiger partial charge in [0.25, 0.3) is 0 Å². The van der Waals surface area contributed by atoms with Gasteiger partial charge in [0.1, 0.15) is 5.60 Å². The van der Waals surface area contributed by atoms with Gasteiger partial charge in [-0.2, -0.15) is 0 Å². The van der Waals surface area contributed by atoms with E-state index in [-0.39, 0.29) is 5.60 Å². The van der Waals surface area contributed by atoms with Gasteiger partial charge in [-0.3, -0.25) is 4.90 Å². The minimum absolute atomic E-state index is 0.157. The molecule has 0 bridgehead atoms. The Morgan fingerprint density at radius 3 is 2.47 bits per heavy atom. The summed E-state index contributed by atoms with van der Waals surface area (Å²) >= 11 is 0. The van der Waals surface area contributed by atoms with Crippen molar-refractivity contribution in [3.05, 3.63) is 35.4 Å². The van der Waals surface area contributed by atoms with Crippen LogP contribution in [0, 0.1) is 6.92 Å². The van der Waals surface area contributed by atoms with Crippen LogP contribution in [0.15, 0.2) is 24.3 Å². The van der Waals surface area contributed by atoms with Crippen molar-refractivity contribution in [3.8, 4) is 0 Å². The highest BCUT2D eigenvalue weighted by molar-refractivity contribution is 5.27. The second-order valence-corrected chi connectivity index (χ2v) is 5.51. The zero-order valence-corrected chi connectivity index (χ0v) is 11.4. The predicted molar refractivity (Wildman–Crippen MR) is 71.2 cm³/mol. The maximum atomic E-state index is 6.03. The van der Waals surface area contributed by atoms with E-state index in [1.807, 2.05) is 0 Å². The Balaban J connectivity index is 2.20. The van der Waals surface area contributed by atoms with E-state index in [1.54, 1.807) is 0 Å².